The second kappa shape index (κ2) is 9.46. The summed E-state index contributed by atoms with van der Waals surface area (Å²) in [5.41, 5.74) is 1.36. The van der Waals surface area contributed by atoms with Crippen LogP contribution in [-0.2, 0) is 10.2 Å². The molecule has 1 saturated heterocycles. The minimum Gasteiger partial charge on any atom is -0.492 e. The zero-order chi connectivity index (χ0) is 19.0. The molecule has 0 spiro atoms. The lowest BCUT2D eigenvalue weighted by Crippen LogP contribution is -2.51. The number of carbonyl (C=O) groups is 1. The lowest BCUT2D eigenvalue weighted by molar-refractivity contribution is -0.122. The molecule has 1 aromatic carbocycles. The van der Waals surface area contributed by atoms with Crippen molar-refractivity contribution in [1.82, 2.24) is 16.0 Å². The molecule has 0 saturated carbocycles. The number of ether oxygens (including phenoxy) is 1. The van der Waals surface area contributed by atoms with Crippen LogP contribution in [0.4, 0.5) is 0 Å². The molecule has 1 unspecified atom stereocenters. The molecular weight excluding hydrogens is 328 g/mol. The largest absolute Gasteiger partial charge is 0.492 e. The molecule has 6 heteroatoms. The van der Waals surface area contributed by atoms with Gasteiger partial charge >= 0.3 is 0 Å². The van der Waals surface area contributed by atoms with E-state index in [1.54, 1.807) is 0 Å². The second-order valence-electron chi connectivity index (χ2n) is 7.57. The molecule has 26 heavy (non-hydrogen) atoms. The van der Waals surface area contributed by atoms with Crippen LogP contribution in [0.5, 0.6) is 5.75 Å². The SMILES string of the molecule is CCNC(=NCCOc1cccc(C(C)(C)C)c1)NC1CCC(=O)NC1. The summed E-state index contributed by atoms with van der Waals surface area (Å²) in [5, 5.41) is 9.49. The molecule has 1 atom stereocenters. The monoisotopic (exact) mass is 360 g/mol. The Bertz CT molecular complexity index is 612. The molecule has 0 aliphatic carbocycles. The number of amides is 1. The topological polar surface area (TPSA) is 74.8 Å². The third-order valence-electron chi connectivity index (χ3n) is 4.28. The highest BCUT2D eigenvalue weighted by Crippen LogP contribution is 2.25. The zero-order valence-electron chi connectivity index (χ0n) is 16.4. The van der Waals surface area contributed by atoms with Crippen LogP contribution in [0.3, 0.4) is 0 Å². The molecule has 144 valence electrons. The van der Waals surface area contributed by atoms with E-state index in [2.05, 4.69) is 53.8 Å². The summed E-state index contributed by atoms with van der Waals surface area (Å²) in [6, 6.07) is 8.45. The molecule has 0 bridgehead atoms. The van der Waals surface area contributed by atoms with Gasteiger partial charge in [0.1, 0.15) is 12.4 Å². The van der Waals surface area contributed by atoms with Gasteiger partial charge in [-0.25, -0.2) is 4.99 Å². The minimum atomic E-state index is 0.106. The number of nitrogens with zero attached hydrogens (tertiary/aromatic N) is 1. The van der Waals surface area contributed by atoms with E-state index >= 15 is 0 Å². The molecule has 1 aliphatic heterocycles. The van der Waals surface area contributed by atoms with Crippen LogP contribution in [-0.4, -0.2) is 44.1 Å². The van der Waals surface area contributed by atoms with E-state index < -0.39 is 0 Å². The highest BCUT2D eigenvalue weighted by atomic mass is 16.5. The van der Waals surface area contributed by atoms with Crippen LogP contribution < -0.4 is 20.7 Å². The summed E-state index contributed by atoms with van der Waals surface area (Å²) in [6.45, 7) is 11.1. The fourth-order valence-electron chi connectivity index (χ4n) is 2.74. The number of aliphatic imine (C=N–C) groups is 1. The number of nitrogens with one attached hydrogen (secondary N) is 3. The third kappa shape index (κ3) is 6.58. The molecule has 2 rings (SSSR count). The maximum atomic E-state index is 11.3. The standard InChI is InChI=1S/C20H32N4O2/c1-5-21-19(24-16-9-10-18(25)23-14-16)22-11-12-26-17-8-6-7-15(13-17)20(2,3)4/h6-8,13,16H,5,9-12,14H2,1-4H3,(H,23,25)(H2,21,22,24). The van der Waals surface area contributed by atoms with Gasteiger partial charge in [0.05, 0.1) is 6.54 Å². The first-order valence-electron chi connectivity index (χ1n) is 9.43. The Balaban J connectivity index is 1.83. The van der Waals surface area contributed by atoms with Gasteiger partial charge in [0.15, 0.2) is 5.96 Å². The zero-order valence-corrected chi connectivity index (χ0v) is 16.4. The van der Waals surface area contributed by atoms with Gasteiger partial charge in [-0.15, -0.1) is 0 Å². The van der Waals surface area contributed by atoms with Crippen molar-refractivity contribution in [1.29, 1.82) is 0 Å². The maximum Gasteiger partial charge on any atom is 0.220 e. The quantitative estimate of drug-likeness (QED) is 0.413. The number of rotatable bonds is 6. The van der Waals surface area contributed by atoms with E-state index in [4.69, 9.17) is 4.74 Å². The van der Waals surface area contributed by atoms with Crippen molar-refractivity contribution in [2.24, 2.45) is 4.99 Å². The first-order chi connectivity index (χ1) is 12.4. The molecule has 1 heterocycles. The first-order valence-corrected chi connectivity index (χ1v) is 9.43. The second-order valence-corrected chi connectivity index (χ2v) is 7.57. The highest BCUT2D eigenvalue weighted by molar-refractivity contribution is 5.81. The van der Waals surface area contributed by atoms with Gasteiger partial charge in [-0.05, 0) is 36.5 Å². The Kier molecular flexibility index (Phi) is 7.30. The Morgan fingerprint density at radius 1 is 1.38 bits per heavy atom. The van der Waals surface area contributed by atoms with E-state index in [1.807, 2.05) is 19.1 Å². The predicted octanol–water partition coefficient (Wildman–Crippen LogP) is 2.20. The lowest BCUT2D eigenvalue weighted by Gasteiger charge is -2.25. The molecule has 3 N–H and O–H groups in total. The van der Waals surface area contributed by atoms with Gasteiger partial charge in [-0.2, -0.15) is 0 Å². The molecule has 6 nitrogen and oxygen atoms in total. The summed E-state index contributed by atoms with van der Waals surface area (Å²) in [4.78, 5) is 15.8. The maximum absolute atomic E-state index is 11.3. The lowest BCUT2D eigenvalue weighted by atomic mass is 9.87. The number of hydrogen-bond donors (Lipinski definition) is 3. The third-order valence-corrected chi connectivity index (χ3v) is 4.28. The van der Waals surface area contributed by atoms with Crippen molar-refractivity contribution in [3.8, 4) is 5.75 Å². The molecule has 1 fully saturated rings. The average Bonchev–Trinajstić information content (AvgIpc) is 2.60. The van der Waals surface area contributed by atoms with Crippen LogP contribution in [0.15, 0.2) is 29.3 Å². The fraction of sp³-hybridized carbons (Fsp3) is 0.600. The van der Waals surface area contributed by atoms with E-state index in [1.165, 1.54) is 5.56 Å². The van der Waals surface area contributed by atoms with Crippen molar-refractivity contribution >= 4 is 11.9 Å². The summed E-state index contributed by atoms with van der Waals surface area (Å²) in [5.74, 6) is 1.76. The normalized spacial score (nSPS) is 18.2. The molecule has 1 aromatic rings. The van der Waals surface area contributed by atoms with Crippen LogP contribution in [0.25, 0.3) is 0 Å². The number of carbonyl (C=O) groups excluding carboxylic acids is 1. The van der Waals surface area contributed by atoms with Crippen LogP contribution in [0.2, 0.25) is 0 Å². The summed E-state index contributed by atoms with van der Waals surface area (Å²) < 4.78 is 5.85. The highest BCUT2D eigenvalue weighted by Gasteiger charge is 2.18. The van der Waals surface area contributed by atoms with Gasteiger partial charge in [0.2, 0.25) is 5.91 Å². The molecule has 0 aromatic heterocycles. The minimum absolute atomic E-state index is 0.106. The van der Waals surface area contributed by atoms with Crippen molar-refractivity contribution in [3.05, 3.63) is 29.8 Å². The van der Waals surface area contributed by atoms with Crippen molar-refractivity contribution in [2.75, 3.05) is 26.2 Å². The van der Waals surface area contributed by atoms with E-state index in [9.17, 15) is 4.79 Å². The Labute approximate surface area is 156 Å². The van der Waals surface area contributed by atoms with Crippen molar-refractivity contribution < 1.29 is 9.53 Å². The van der Waals surface area contributed by atoms with Crippen LogP contribution >= 0.6 is 0 Å². The van der Waals surface area contributed by atoms with Gasteiger partial charge < -0.3 is 20.7 Å². The smallest absolute Gasteiger partial charge is 0.220 e. The number of guanidine groups is 1. The molecule has 0 radical (unpaired) electrons. The molecule has 1 amide bonds. The van der Waals surface area contributed by atoms with Gasteiger partial charge in [0, 0.05) is 25.6 Å². The van der Waals surface area contributed by atoms with Crippen molar-refractivity contribution in [2.45, 2.75) is 52.0 Å². The van der Waals surface area contributed by atoms with Crippen LogP contribution in [0, 0.1) is 0 Å². The Morgan fingerprint density at radius 2 is 2.19 bits per heavy atom. The van der Waals surface area contributed by atoms with E-state index in [0.29, 0.717) is 26.1 Å². The van der Waals surface area contributed by atoms with Crippen molar-refractivity contribution in [3.63, 3.8) is 0 Å². The predicted molar refractivity (Wildman–Crippen MR) is 106 cm³/mol. The van der Waals surface area contributed by atoms with Gasteiger partial charge in [0.25, 0.3) is 0 Å². The van der Waals surface area contributed by atoms with Gasteiger partial charge in [-0.3, -0.25) is 4.79 Å². The number of piperidine rings is 1. The first kappa shape index (κ1) is 20.1. The van der Waals surface area contributed by atoms with Crippen LogP contribution in [0.1, 0.15) is 46.1 Å². The van der Waals surface area contributed by atoms with E-state index in [0.717, 1.165) is 24.7 Å². The molecular formula is C20H32N4O2. The number of benzene rings is 1. The molecule has 1 aliphatic rings. The Hall–Kier alpha value is -2.24. The average molecular weight is 361 g/mol. The summed E-state index contributed by atoms with van der Waals surface area (Å²) >= 11 is 0. The van der Waals surface area contributed by atoms with Gasteiger partial charge in [-0.1, -0.05) is 32.9 Å². The Morgan fingerprint density at radius 3 is 2.85 bits per heavy atom. The summed E-state index contributed by atoms with van der Waals surface area (Å²) in [6.07, 6.45) is 1.39. The number of hydrogen-bond acceptors (Lipinski definition) is 3. The summed E-state index contributed by atoms with van der Waals surface area (Å²) in [7, 11) is 0. The van der Waals surface area contributed by atoms with E-state index in [-0.39, 0.29) is 17.4 Å². The fourth-order valence-corrected chi connectivity index (χ4v) is 2.74.